The second kappa shape index (κ2) is 5.82. The van der Waals surface area contributed by atoms with Gasteiger partial charge >= 0.3 is 0 Å². The first-order chi connectivity index (χ1) is 10.00. The van der Waals surface area contributed by atoms with E-state index in [9.17, 15) is 8.42 Å². The van der Waals surface area contributed by atoms with Crippen molar-refractivity contribution in [2.45, 2.75) is 42.9 Å². The summed E-state index contributed by atoms with van der Waals surface area (Å²) in [6.45, 7) is 5.69. The fraction of sp³-hybridized carbons (Fsp3) is 0.600. The Morgan fingerprint density at radius 2 is 2.14 bits per heavy atom. The van der Waals surface area contributed by atoms with Crippen molar-refractivity contribution in [1.29, 1.82) is 0 Å². The molecule has 0 aliphatic carbocycles. The Bertz CT molecular complexity index is 631. The van der Waals surface area contributed by atoms with E-state index in [2.05, 4.69) is 12.2 Å². The van der Waals surface area contributed by atoms with Gasteiger partial charge in [-0.1, -0.05) is 6.92 Å². The van der Waals surface area contributed by atoms with E-state index < -0.39 is 10.0 Å². The molecule has 21 heavy (non-hydrogen) atoms. The average Bonchev–Trinajstić information content (AvgIpc) is 2.49. The second-order valence-electron chi connectivity index (χ2n) is 5.78. The van der Waals surface area contributed by atoms with Crippen molar-refractivity contribution in [3.05, 3.63) is 23.8 Å². The SMILES string of the molecule is CC1SCCN(S(=O)(=O)c2ccc3c(c2)CCCN3)C1C. The van der Waals surface area contributed by atoms with Gasteiger partial charge in [0.05, 0.1) is 4.90 Å². The first kappa shape index (κ1) is 15.2. The fourth-order valence-electron chi connectivity index (χ4n) is 2.99. The van der Waals surface area contributed by atoms with E-state index in [1.807, 2.05) is 30.8 Å². The molecule has 2 unspecified atom stereocenters. The summed E-state index contributed by atoms with van der Waals surface area (Å²) >= 11 is 1.85. The third-order valence-electron chi connectivity index (χ3n) is 4.45. The Morgan fingerprint density at radius 1 is 1.33 bits per heavy atom. The minimum atomic E-state index is -3.39. The van der Waals surface area contributed by atoms with Gasteiger partial charge in [-0.2, -0.15) is 16.1 Å². The molecule has 0 amide bonds. The predicted molar refractivity (Wildman–Crippen MR) is 88.5 cm³/mol. The van der Waals surface area contributed by atoms with Crippen LogP contribution in [0.4, 0.5) is 5.69 Å². The summed E-state index contributed by atoms with van der Waals surface area (Å²) in [6, 6.07) is 5.55. The molecule has 1 fully saturated rings. The smallest absolute Gasteiger partial charge is 0.243 e. The molecular weight excluding hydrogens is 304 g/mol. The topological polar surface area (TPSA) is 49.4 Å². The molecule has 2 aliphatic heterocycles. The summed E-state index contributed by atoms with van der Waals surface area (Å²) in [5.41, 5.74) is 2.20. The number of hydrogen-bond donors (Lipinski definition) is 1. The molecule has 116 valence electrons. The third-order valence-corrected chi connectivity index (χ3v) is 7.77. The highest BCUT2D eigenvalue weighted by molar-refractivity contribution is 8.00. The maximum absolute atomic E-state index is 12.9. The van der Waals surface area contributed by atoms with Gasteiger partial charge in [0.1, 0.15) is 0 Å². The summed E-state index contributed by atoms with van der Waals surface area (Å²) in [5.74, 6) is 0.872. The first-order valence-corrected chi connectivity index (χ1v) is 9.99. The van der Waals surface area contributed by atoms with Gasteiger partial charge in [-0.3, -0.25) is 0 Å². The Labute approximate surface area is 131 Å². The standard InChI is InChI=1S/C15H22N2O2S2/c1-11-12(2)20-9-8-17(11)21(18,19)14-5-6-15-13(10-14)4-3-7-16-15/h5-6,10-12,16H,3-4,7-9H2,1-2H3. The van der Waals surface area contributed by atoms with Crippen molar-refractivity contribution >= 4 is 27.5 Å². The van der Waals surface area contributed by atoms with Crippen LogP contribution in [0.25, 0.3) is 0 Å². The van der Waals surface area contributed by atoms with Gasteiger partial charge in [-0.05, 0) is 43.5 Å². The minimum Gasteiger partial charge on any atom is -0.385 e. The number of sulfonamides is 1. The highest BCUT2D eigenvalue weighted by atomic mass is 32.2. The molecule has 0 radical (unpaired) electrons. The molecule has 1 aromatic carbocycles. The van der Waals surface area contributed by atoms with Crippen molar-refractivity contribution in [2.75, 3.05) is 24.2 Å². The molecular formula is C15H22N2O2S2. The van der Waals surface area contributed by atoms with Gasteiger partial charge in [0.15, 0.2) is 0 Å². The number of thioether (sulfide) groups is 1. The van der Waals surface area contributed by atoms with Crippen LogP contribution in [-0.4, -0.2) is 42.9 Å². The van der Waals surface area contributed by atoms with E-state index in [0.717, 1.165) is 36.4 Å². The largest absolute Gasteiger partial charge is 0.385 e. The predicted octanol–water partition coefficient (Wildman–Crippen LogP) is 2.56. The number of hydrogen-bond acceptors (Lipinski definition) is 4. The van der Waals surface area contributed by atoms with Gasteiger partial charge < -0.3 is 5.32 Å². The van der Waals surface area contributed by atoms with Crippen molar-refractivity contribution in [3.63, 3.8) is 0 Å². The van der Waals surface area contributed by atoms with Gasteiger partial charge in [-0.15, -0.1) is 0 Å². The van der Waals surface area contributed by atoms with E-state index in [1.165, 1.54) is 0 Å². The lowest BCUT2D eigenvalue weighted by Crippen LogP contribution is -2.47. The van der Waals surface area contributed by atoms with Crippen molar-refractivity contribution in [3.8, 4) is 0 Å². The van der Waals surface area contributed by atoms with Crippen LogP contribution in [-0.2, 0) is 16.4 Å². The number of nitrogens with zero attached hydrogens (tertiary/aromatic N) is 1. The normalized spacial score (nSPS) is 27.0. The molecule has 1 aromatic rings. The van der Waals surface area contributed by atoms with Crippen LogP contribution in [0, 0.1) is 0 Å². The molecule has 3 rings (SSSR count). The zero-order valence-corrected chi connectivity index (χ0v) is 14.1. The van der Waals surface area contributed by atoms with Crippen LogP contribution in [0.1, 0.15) is 25.8 Å². The number of nitrogens with one attached hydrogen (secondary N) is 1. The van der Waals surface area contributed by atoms with E-state index in [-0.39, 0.29) is 6.04 Å². The Kier molecular flexibility index (Phi) is 4.21. The number of fused-ring (bicyclic) bond motifs is 1. The molecule has 2 aliphatic rings. The van der Waals surface area contributed by atoms with Crippen molar-refractivity contribution in [1.82, 2.24) is 4.31 Å². The zero-order chi connectivity index (χ0) is 15.0. The first-order valence-electron chi connectivity index (χ1n) is 7.50. The summed E-state index contributed by atoms with van der Waals surface area (Å²) in [7, 11) is -3.39. The summed E-state index contributed by atoms with van der Waals surface area (Å²) in [4.78, 5) is 0.441. The zero-order valence-electron chi connectivity index (χ0n) is 12.5. The summed E-state index contributed by atoms with van der Waals surface area (Å²) in [6.07, 6.45) is 2.01. The van der Waals surface area contributed by atoms with Crippen LogP contribution >= 0.6 is 11.8 Å². The highest BCUT2D eigenvalue weighted by Gasteiger charge is 2.35. The molecule has 0 bridgehead atoms. The van der Waals surface area contributed by atoms with E-state index in [1.54, 1.807) is 10.4 Å². The quantitative estimate of drug-likeness (QED) is 0.907. The fourth-order valence-corrected chi connectivity index (χ4v) is 6.04. The van der Waals surface area contributed by atoms with E-state index in [0.29, 0.717) is 16.7 Å². The van der Waals surface area contributed by atoms with Crippen LogP contribution in [0.3, 0.4) is 0 Å². The average molecular weight is 326 g/mol. The molecule has 1 N–H and O–H groups in total. The molecule has 0 saturated carbocycles. The molecule has 4 nitrogen and oxygen atoms in total. The molecule has 2 atom stereocenters. The number of rotatable bonds is 2. The van der Waals surface area contributed by atoms with Crippen LogP contribution in [0.5, 0.6) is 0 Å². The number of benzene rings is 1. The molecule has 0 spiro atoms. The van der Waals surface area contributed by atoms with Gasteiger partial charge in [-0.25, -0.2) is 8.42 Å². The lowest BCUT2D eigenvalue weighted by molar-refractivity contribution is 0.340. The maximum atomic E-state index is 12.9. The monoisotopic (exact) mass is 326 g/mol. The van der Waals surface area contributed by atoms with Gasteiger partial charge in [0.2, 0.25) is 10.0 Å². The lowest BCUT2D eigenvalue weighted by Gasteiger charge is -2.36. The van der Waals surface area contributed by atoms with Crippen LogP contribution < -0.4 is 5.32 Å². The lowest BCUT2D eigenvalue weighted by atomic mass is 10.0. The highest BCUT2D eigenvalue weighted by Crippen LogP contribution is 2.31. The van der Waals surface area contributed by atoms with E-state index in [4.69, 9.17) is 0 Å². The summed E-state index contributed by atoms with van der Waals surface area (Å²) in [5, 5.41) is 3.67. The summed E-state index contributed by atoms with van der Waals surface area (Å²) < 4.78 is 27.5. The number of anilines is 1. The number of aryl methyl sites for hydroxylation is 1. The van der Waals surface area contributed by atoms with Gasteiger partial charge in [0, 0.05) is 35.8 Å². The van der Waals surface area contributed by atoms with E-state index >= 15 is 0 Å². The Balaban J connectivity index is 1.94. The Morgan fingerprint density at radius 3 is 2.95 bits per heavy atom. The molecule has 6 heteroatoms. The second-order valence-corrected chi connectivity index (χ2v) is 9.16. The molecule has 0 aromatic heterocycles. The molecule has 1 saturated heterocycles. The van der Waals surface area contributed by atoms with Crippen molar-refractivity contribution < 1.29 is 8.42 Å². The minimum absolute atomic E-state index is 0.0444. The third kappa shape index (κ3) is 2.81. The maximum Gasteiger partial charge on any atom is 0.243 e. The van der Waals surface area contributed by atoms with Crippen LogP contribution in [0.2, 0.25) is 0 Å². The molecule has 2 heterocycles. The Hall–Kier alpha value is -0.720. The van der Waals surface area contributed by atoms with Crippen LogP contribution in [0.15, 0.2) is 23.1 Å². The van der Waals surface area contributed by atoms with Crippen molar-refractivity contribution in [2.24, 2.45) is 0 Å². The van der Waals surface area contributed by atoms with Gasteiger partial charge in [0.25, 0.3) is 0 Å².